The average Bonchev–Trinajstić information content (AvgIpc) is 2.79. The van der Waals surface area contributed by atoms with Crippen molar-refractivity contribution in [3.63, 3.8) is 0 Å². The van der Waals surface area contributed by atoms with Crippen LogP contribution in [-0.4, -0.2) is 36.7 Å². The van der Waals surface area contributed by atoms with Gasteiger partial charge in [0.1, 0.15) is 11.4 Å². The first-order valence-corrected chi connectivity index (χ1v) is 7.88. The van der Waals surface area contributed by atoms with Gasteiger partial charge in [-0.3, -0.25) is 0 Å². The zero-order valence-corrected chi connectivity index (χ0v) is 13.6. The second-order valence-corrected chi connectivity index (χ2v) is 5.40. The minimum atomic E-state index is -0.624. The Hall–Kier alpha value is -2.57. The smallest absolute Gasteiger partial charge is 0.410 e. The molecule has 1 aliphatic heterocycles. The van der Waals surface area contributed by atoms with Gasteiger partial charge in [-0.1, -0.05) is 0 Å². The quantitative estimate of drug-likeness (QED) is 0.805. The van der Waals surface area contributed by atoms with E-state index in [1.807, 2.05) is 0 Å². The van der Waals surface area contributed by atoms with Crippen LogP contribution in [0.5, 0.6) is 0 Å². The minimum Gasteiger partial charge on any atom is -0.460 e. The fourth-order valence-corrected chi connectivity index (χ4v) is 2.95. The van der Waals surface area contributed by atoms with Crippen molar-refractivity contribution in [1.29, 1.82) is 0 Å². The first-order chi connectivity index (χ1) is 11.6. The summed E-state index contributed by atoms with van der Waals surface area (Å²) in [6.45, 7) is 4.24. The fraction of sp³-hybridized carbons (Fsp3) is 0.412. The van der Waals surface area contributed by atoms with Crippen LogP contribution >= 0.6 is 0 Å². The summed E-state index contributed by atoms with van der Waals surface area (Å²) in [6.07, 6.45) is -0.188. The average molecular weight is 335 g/mol. The molecule has 24 heavy (non-hydrogen) atoms. The highest BCUT2D eigenvalue weighted by molar-refractivity contribution is 5.98. The van der Waals surface area contributed by atoms with Gasteiger partial charge in [-0.25, -0.2) is 14.0 Å². The van der Waals surface area contributed by atoms with Gasteiger partial charge in [-0.2, -0.15) is 0 Å². The number of hydrogen-bond acceptors (Lipinski definition) is 5. The Balaban J connectivity index is 2.12. The second kappa shape index (κ2) is 6.51. The van der Waals surface area contributed by atoms with Crippen molar-refractivity contribution in [2.45, 2.75) is 26.8 Å². The lowest BCUT2D eigenvalue weighted by atomic mass is 10.0. The Kier molecular flexibility index (Phi) is 4.42. The number of hydrogen-bond donors (Lipinski definition) is 0. The van der Waals surface area contributed by atoms with Crippen LogP contribution in [0, 0.1) is 5.82 Å². The molecular formula is C17H18FNO5. The molecule has 0 fully saturated rings. The van der Waals surface area contributed by atoms with E-state index in [9.17, 15) is 14.0 Å². The zero-order chi connectivity index (χ0) is 17.3. The molecule has 0 bridgehead atoms. The van der Waals surface area contributed by atoms with E-state index in [0.29, 0.717) is 35.1 Å². The number of esters is 1. The van der Waals surface area contributed by atoms with E-state index in [0.717, 1.165) is 0 Å². The summed E-state index contributed by atoms with van der Waals surface area (Å²) in [6, 6.07) is 2.79. The molecule has 0 saturated heterocycles. The number of amides is 1. The number of benzene rings is 1. The van der Waals surface area contributed by atoms with E-state index in [1.54, 1.807) is 13.8 Å². The summed E-state index contributed by atoms with van der Waals surface area (Å²) in [5.41, 5.74) is 1.31. The predicted octanol–water partition coefficient (Wildman–Crippen LogP) is 3.26. The van der Waals surface area contributed by atoms with E-state index >= 15 is 0 Å². The van der Waals surface area contributed by atoms with Crippen LogP contribution < -0.4 is 0 Å². The van der Waals surface area contributed by atoms with Crippen molar-refractivity contribution >= 4 is 23.0 Å². The fourth-order valence-electron chi connectivity index (χ4n) is 2.95. The minimum absolute atomic E-state index is 0.00917. The third-order valence-electron chi connectivity index (χ3n) is 3.97. The molecule has 0 unspecified atom stereocenters. The highest BCUT2D eigenvalue weighted by Crippen LogP contribution is 2.34. The highest BCUT2D eigenvalue weighted by Gasteiger charge is 2.30. The van der Waals surface area contributed by atoms with Crippen LogP contribution in [0.2, 0.25) is 0 Å². The summed E-state index contributed by atoms with van der Waals surface area (Å²) in [4.78, 5) is 25.7. The molecule has 128 valence electrons. The van der Waals surface area contributed by atoms with Crippen LogP contribution in [0.25, 0.3) is 11.0 Å². The second-order valence-electron chi connectivity index (χ2n) is 5.40. The van der Waals surface area contributed by atoms with Crippen LogP contribution in [-0.2, 0) is 22.4 Å². The first-order valence-electron chi connectivity index (χ1n) is 7.88. The SMILES string of the molecule is CCOC(=O)c1oc2ccc(F)c3c2c1CN(C(=O)OCC)CC3. The van der Waals surface area contributed by atoms with Crippen molar-refractivity contribution in [2.75, 3.05) is 19.8 Å². The molecule has 0 aliphatic carbocycles. The monoisotopic (exact) mass is 335 g/mol. The molecule has 0 saturated carbocycles. The van der Waals surface area contributed by atoms with Gasteiger partial charge in [0.15, 0.2) is 0 Å². The Morgan fingerprint density at radius 1 is 1.21 bits per heavy atom. The van der Waals surface area contributed by atoms with Crippen molar-refractivity contribution < 1.29 is 27.9 Å². The first kappa shape index (κ1) is 16.3. The molecule has 6 nitrogen and oxygen atoms in total. The number of nitrogens with zero attached hydrogens (tertiary/aromatic N) is 1. The lowest BCUT2D eigenvalue weighted by Crippen LogP contribution is -2.32. The van der Waals surface area contributed by atoms with Gasteiger partial charge in [0.2, 0.25) is 5.76 Å². The number of rotatable bonds is 3. The summed E-state index contributed by atoms with van der Waals surface area (Å²) in [5.74, 6) is -0.999. The summed E-state index contributed by atoms with van der Waals surface area (Å²) < 4.78 is 29.9. The normalized spacial score (nSPS) is 13.7. The molecule has 1 aliphatic rings. The molecule has 0 N–H and O–H groups in total. The van der Waals surface area contributed by atoms with Crippen molar-refractivity contribution in [3.05, 3.63) is 34.8 Å². The van der Waals surface area contributed by atoms with E-state index in [-0.39, 0.29) is 31.3 Å². The topological polar surface area (TPSA) is 69.0 Å². The number of ether oxygens (including phenoxy) is 2. The lowest BCUT2D eigenvalue weighted by molar-refractivity contribution is 0.0487. The summed E-state index contributed by atoms with van der Waals surface area (Å²) in [5, 5.41) is 0.546. The lowest BCUT2D eigenvalue weighted by Gasteiger charge is -2.19. The van der Waals surface area contributed by atoms with E-state index in [4.69, 9.17) is 13.9 Å². The summed E-state index contributed by atoms with van der Waals surface area (Å²) >= 11 is 0. The van der Waals surface area contributed by atoms with E-state index in [2.05, 4.69) is 0 Å². The maximum Gasteiger partial charge on any atom is 0.410 e. The molecule has 1 aromatic heterocycles. The Bertz CT molecular complexity index is 798. The molecule has 0 spiro atoms. The highest BCUT2D eigenvalue weighted by atomic mass is 19.1. The van der Waals surface area contributed by atoms with Crippen molar-refractivity contribution in [1.82, 2.24) is 4.90 Å². The van der Waals surface area contributed by atoms with Gasteiger partial charge in [0, 0.05) is 23.1 Å². The van der Waals surface area contributed by atoms with E-state index in [1.165, 1.54) is 17.0 Å². The Labute approximate surface area is 138 Å². The Morgan fingerprint density at radius 3 is 2.67 bits per heavy atom. The standard InChI is InChI=1S/C17H18FNO5/c1-3-22-16(20)15-11-9-19(17(21)23-4-2)8-7-10-12(18)5-6-13(24-15)14(10)11/h5-6H,3-4,7-9H2,1-2H3. The number of carbonyl (C=O) groups is 2. The van der Waals surface area contributed by atoms with Crippen LogP contribution in [0.15, 0.2) is 16.5 Å². The number of halogens is 1. The predicted molar refractivity (Wildman–Crippen MR) is 83.3 cm³/mol. The van der Waals surface area contributed by atoms with Crippen molar-refractivity contribution in [3.8, 4) is 0 Å². The molecule has 1 amide bonds. The maximum absolute atomic E-state index is 14.3. The van der Waals surface area contributed by atoms with Gasteiger partial charge >= 0.3 is 12.1 Å². The van der Waals surface area contributed by atoms with Gasteiger partial charge in [-0.05, 0) is 32.4 Å². The van der Waals surface area contributed by atoms with Gasteiger partial charge < -0.3 is 18.8 Å². The maximum atomic E-state index is 14.3. The molecule has 2 aromatic rings. The molecule has 1 aromatic carbocycles. The summed E-state index contributed by atoms with van der Waals surface area (Å²) in [7, 11) is 0. The largest absolute Gasteiger partial charge is 0.460 e. The molecular weight excluding hydrogens is 317 g/mol. The van der Waals surface area contributed by atoms with Gasteiger partial charge in [0.05, 0.1) is 19.8 Å². The third kappa shape index (κ3) is 2.70. The van der Waals surface area contributed by atoms with Crippen LogP contribution in [0.3, 0.4) is 0 Å². The van der Waals surface area contributed by atoms with Crippen LogP contribution in [0.4, 0.5) is 9.18 Å². The number of carbonyl (C=O) groups excluding carboxylic acids is 2. The number of furan rings is 1. The molecule has 0 atom stereocenters. The van der Waals surface area contributed by atoms with E-state index < -0.39 is 12.1 Å². The van der Waals surface area contributed by atoms with Gasteiger partial charge in [0.25, 0.3) is 0 Å². The molecule has 3 rings (SSSR count). The Morgan fingerprint density at radius 2 is 1.96 bits per heavy atom. The zero-order valence-electron chi connectivity index (χ0n) is 13.6. The molecule has 2 heterocycles. The van der Waals surface area contributed by atoms with Crippen LogP contribution in [0.1, 0.15) is 35.5 Å². The molecule has 7 heteroatoms. The van der Waals surface area contributed by atoms with Gasteiger partial charge in [-0.15, -0.1) is 0 Å². The third-order valence-corrected chi connectivity index (χ3v) is 3.97. The van der Waals surface area contributed by atoms with Crippen molar-refractivity contribution in [2.24, 2.45) is 0 Å². The molecule has 0 radical (unpaired) electrons.